The van der Waals surface area contributed by atoms with Crippen molar-refractivity contribution in [3.63, 3.8) is 0 Å². The molecule has 1 heterocycles. The summed E-state index contributed by atoms with van der Waals surface area (Å²) >= 11 is 0. The summed E-state index contributed by atoms with van der Waals surface area (Å²) in [6.45, 7) is 6.87. The van der Waals surface area contributed by atoms with Crippen LogP contribution in [0.1, 0.15) is 57.6 Å². The number of hydrogen-bond donors (Lipinski definition) is 0. The Morgan fingerprint density at radius 1 is 1.17 bits per heavy atom. The second-order valence-corrected chi connectivity index (χ2v) is 11.9. The largest absolute Gasteiger partial charge is 0.346 e. The molecule has 2 aliphatic rings. The second-order valence-electron chi connectivity index (χ2n) is 9.82. The van der Waals surface area contributed by atoms with Crippen LogP contribution in [0.3, 0.4) is 0 Å². The molecule has 1 aromatic heterocycles. The Morgan fingerprint density at radius 3 is 2.43 bits per heavy atom. The first kappa shape index (κ1) is 21.0. The molecule has 0 aliphatic heterocycles. The highest BCUT2D eigenvalue weighted by atomic mass is 32.2. The highest BCUT2D eigenvalue weighted by Gasteiger charge is 2.47. The van der Waals surface area contributed by atoms with Gasteiger partial charge >= 0.3 is 6.03 Å². The standard InChI is InChI=1S/C22H30N4O3S/c1-22(2,3)18-9-6-15(7-10-18)13-25(4)21(27)26-14-23-20(24-26)30(28,29)19-12-16-5-8-17(19)11-16/h6-7,9-10,14,16-17,19H,5,8,11-13H2,1-4H3/t16-,17+,19+/m0/s1. The molecular formula is C22H30N4O3S. The van der Waals surface area contributed by atoms with Crippen molar-refractivity contribution in [1.29, 1.82) is 0 Å². The molecule has 0 spiro atoms. The summed E-state index contributed by atoms with van der Waals surface area (Å²) in [6.07, 6.45) is 4.98. The van der Waals surface area contributed by atoms with E-state index in [0.717, 1.165) is 29.5 Å². The van der Waals surface area contributed by atoms with Crippen molar-refractivity contribution >= 4 is 15.9 Å². The van der Waals surface area contributed by atoms with Crippen LogP contribution in [0.5, 0.6) is 0 Å². The summed E-state index contributed by atoms with van der Waals surface area (Å²) in [4.78, 5) is 18.2. The van der Waals surface area contributed by atoms with Crippen LogP contribution < -0.4 is 0 Å². The molecule has 0 saturated heterocycles. The fraction of sp³-hybridized carbons (Fsp3) is 0.591. The van der Waals surface area contributed by atoms with E-state index in [1.807, 2.05) is 12.1 Å². The molecule has 4 rings (SSSR count). The molecule has 162 valence electrons. The molecule has 8 heteroatoms. The van der Waals surface area contributed by atoms with Gasteiger partial charge in [-0.3, -0.25) is 0 Å². The van der Waals surface area contributed by atoms with Crippen molar-refractivity contribution < 1.29 is 13.2 Å². The molecule has 3 atom stereocenters. The number of sulfone groups is 1. The van der Waals surface area contributed by atoms with Crippen molar-refractivity contribution in [2.45, 2.75) is 68.8 Å². The van der Waals surface area contributed by atoms with E-state index < -0.39 is 21.1 Å². The molecule has 2 aliphatic carbocycles. The van der Waals surface area contributed by atoms with E-state index in [2.05, 4.69) is 43.0 Å². The average Bonchev–Trinajstić information content (AvgIpc) is 3.44. The van der Waals surface area contributed by atoms with Crippen molar-refractivity contribution in [2.24, 2.45) is 11.8 Å². The summed E-state index contributed by atoms with van der Waals surface area (Å²) < 4.78 is 27.0. The minimum Gasteiger partial charge on any atom is -0.322 e. The zero-order valence-electron chi connectivity index (χ0n) is 18.1. The summed E-state index contributed by atoms with van der Waals surface area (Å²) in [6, 6.07) is 7.76. The molecule has 7 nitrogen and oxygen atoms in total. The first-order valence-electron chi connectivity index (χ1n) is 10.6. The SMILES string of the molecule is CN(Cc1ccc(C(C)(C)C)cc1)C(=O)n1cnc(S(=O)(=O)[C@@H]2C[C@H]3CC[C@@H]2C3)n1. The van der Waals surface area contributed by atoms with Crippen LogP contribution in [0, 0.1) is 11.8 Å². The van der Waals surface area contributed by atoms with Crippen LogP contribution in [-0.4, -0.2) is 46.4 Å². The third-order valence-corrected chi connectivity index (χ3v) is 8.63. The predicted molar refractivity (Wildman–Crippen MR) is 114 cm³/mol. The van der Waals surface area contributed by atoms with Crippen LogP contribution in [-0.2, 0) is 21.8 Å². The van der Waals surface area contributed by atoms with E-state index in [1.54, 1.807) is 7.05 Å². The lowest BCUT2D eigenvalue weighted by molar-refractivity contribution is 0.205. The maximum absolute atomic E-state index is 13.0. The Morgan fingerprint density at radius 2 is 1.87 bits per heavy atom. The first-order chi connectivity index (χ1) is 14.1. The predicted octanol–water partition coefficient (Wildman–Crippen LogP) is 3.64. The average molecular weight is 431 g/mol. The van der Waals surface area contributed by atoms with Gasteiger partial charge in [-0.05, 0) is 47.6 Å². The molecule has 0 unspecified atom stereocenters. The molecule has 2 aromatic rings. The number of carbonyl (C=O) groups is 1. The van der Waals surface area contributed by atoms with Crippen LogP contribution in [0.25, 0.3) is 0 Å². The van der Waals surface area contributed by atoms with E-state index in [9.17, 15) is 13.2 Å². The Balaban J connectivity index is 1.44. The van der Waals surface area contributed by atoms with Gasteiger partial charge in [0.15, 0.2) is 0 Å². The van der Waals surface area contributed by atoms with Gasteiger partial charge in [-0.25, -0.2) is 18.2 Å². The zero-order chi connectivity index (χ0) is 21.7. The molecule has 2 fully saturated rings. The Labute approximate surface area is 178 Å². The molecule has 30 heavy (non-hydrogen) atoms. The van der Waals surface area contributed by atoms with Crippen molar-refractivity contribution in [3.05, 3.63) is 41.7 Å². The quantitative estimate of drug-likeness (QED) is 0.739. The van der Waals surface area contributed by atoms with Crippen molar-refractivity contribution in [2.75, 3.05) is 7.05 Å². The number of carbonyl (C=O) groups excluding carboxylic acids is 1. The van der Waals surface area contributed by atoms with E-state index in [4.69, 9.17) is 0 Å². The van der Waals surface area contributed by atoms with E-state index in [1.165, 1.54) is 16.8 Å². The summed E-state index contributed by atoms with van der Waals surface area (Å²) in [5, 5.41) is 3.42. The topological polar surface area (TPSA) is 85.2 Å². The molecule has 1 aromatic carbocycles. The normalized spacial score (nSPS) is 23.7. The third-order valence-electron chi connectivity index (χ3n) is 6.56. The highest BCUT2D eigenvalue weighted by Crippen LogP contribution is 2.48. The van der Waals surface area contributed by atoms with Gasteiger partial charge in [0.2, 0.25) is 9.84 Å². The van der Waals surface area contributed by atoms with Crippen LogP contribution >= 0.6 is 0 Å². The van der Waals surface area contributed by atoms with Crippen LogP contribution in [0.2, 0.25) is 0 Å². The molecule has 1 amide bonds. The van der Waals surface area contributed by atoms with Crippen molar-refractivity contribution in [3.8, 4) is 0 Å². The Kier molecular flexibility index (Phi) is 5.24. The van der Waals surface area contributed by atoms with E-state index >= 15 is 0 Å². The van der Waals surface area contributed by atoms with Gasteiger partial charge in [-0.1, -0.05) is 51.5 Å². The molecule has 0 N–H and O–H groups in total. The molecule has 2 saturated carbocycles. The maximum atomic E-state index is 13.0. The smallest absolute Gasteiger partial charge is 0.322 e. The molecule has 0 radical (unpaired) electrons. The number of hydrogen-bond acceptors (Lipinski definition) is 5. The van der Waals surface area contributed by atoms with Gasteiger partial charge in [0, 0.05) is 13.6 Å². The molecular weight excluding hydrogens is 400 g/mol. The molecule has 2 bridgehead atoms. The van der Waals surface area contributed by atoms with Gasteiger partial charge in [0.25, 0.3) is 5.16 Å². The fourth-order valence-electron chi connectivity index (χ4n) is 4.80. The van der Waals surface area contributed by atoms with Gasteiger partial charge in [-0.2, -0.15) is 4.68 Å². The number of nitrogens with zero attached hydrogens (tertiary/aromatic N) is 4. The van der Waals surface area contributed by atoms with Gasteiger partial charge < -0.3 is 4.90 Å². The minimum atomic E-state index is -3.60. The zero-order valence-corrected chi connectivity index (χ0v) is 18.9. The monoisotopic (exact) mass is 430 g/mol. The second kappa shape index (κ2) is 7.48. The van der Waals surface area contributed by atoms with Crippen molar-refractivity contribution in [1.82, 2.24) is 19.7 Å². The Bertz CT molecular complexity index is 1040. The van der Waals surface area contributed by atoms with Gasteiger partial charge in [0.1, 0.15) is 6.33 Å². The Hall–Kier alpha value is -2.22. The number of benzene rings is 1. The number of amides is 1. The summed E-state index contributed by atoms with van der Waals surface area (Å²) in [5.74, 6) is 0.718. The first-order valence-corrected chi connectivity index (χ1v) is 12.1. The minimum absolute atomic E-state index is 0.0711. The summed E-state index contributed by atoms with van der Waals surface area (Å²) in [5.41, 5.74) is 2.29. The third kappa shape index (κ3) is 3.89. The lowest BCUT2D eigenvalue weighted by Crippen LogP contribution is -2.32. The number of rotatable bonds is 4. The van der Waals surface area contributed by atoms with Gasteiger partial charge in [0.05, 0.1) is 5.25 Å². The maximum Gasteiger partial charge on any atom is 0.346 e. The number of fused-ring (bicyclic) bond motifs is 2. The van der Waals surface area contributed by atoms with Crippen LogP contribution in [0.15, 0.2) is 35.7 Å². The van der Waals surface area contributed by atoms with E-state index in [0.29, 0.717) is 18.9 Å². The fourth-order valence-corrected chi connectivity index (χ4v) is 6.74. The number of aromatic nitrogens is 3. The highest BCUT2D eigenvalue weighted by molar-refractivity contribution is 7.91. The lowest BCUT2D eigenvalue weighted by Gasteiger charge is -2.21. The van der Waals surface area contributed by atoms with Crippen LogP contribution in [0.4, 0.5) is 4.79 Å². The lowest BCUT2D eigenvalue weighted by atomic mass is 9.87. The summed E-state index contributed by atoms with van der Waals surface area (Å²) in [7, 11) is -1.93. The van der Waals surface area contributed by atoms with E-state index in [-0.39, 0.29) is 16.5 Å². The van der Waals surface area contributed by atoms with Gasteiger partial charge in [-0.15, -0.1) is 5.10 Å².